The molecule has 19 heteroatoms. The number of hydrogen-bond acceptors (Lipinski definition) is 3. The van der Waals surface area contributed by atoms with Crippen molar-refractivity contribution >= 4 is 5.97 Å². The summed E-state index contributed by atoms with van der Waals surface area (Å²) in [4.78, 5) is 9.99. The maximum absolute atomic E-state index is 13.0. The largest absolute Gasteiger partial charge is 0.477 e. The number of rotatable bonds is 7. The zero-order valence-corrected chi connectivity index (χ0v) is 11.3. The molecule has 0 saturated carbocycles. The summed E-state index contributed by atoms with van der Waals surface area (Å²) >= 11 is 0. The van der Waals surface area contributed by atoms with E-state index >= 15 is 0 Å². The van der Waals surface area contributed by atoms with Gasteiger partial charge in [0.25, 0.3) is 0 Å². The summed E-state index contributed by atoms with van der Waals surface area (Å²) in [6.07, 6.45) is -37.0. The minimum atomic E-state index is -7.59. The first-order chi connectivity index (χ1) is 11.4. The third-order valence-electron chi connectivity index (χ3n) is 2.23. The van der Waals surface area contributed by atoms with Crippen LogP contribution in [0.2, 0.25) is 0 Å². The quantitative estimate of drug-likeness (QED) is 0.593. The van der Waals surface area contributed by atoms with E-state index in [4.69, 9.17) is 5.11 Å². The molecular formula is C8HF15O4. The Labute approximate surface area is 135 Å². The number of halogens is 15. The monoisotopic (exact) mass is 446 g/mol. The molecule has 1 N–H and O–H groups in total. The van der Waals surface area contributed by atoms with Crippen LogP contribution in [0, 0.1) is 0 Å². The van der Waals surface area contributed by atoms with Gasteiger partial charge in [-0.3, -0.25) is 4.74 Å². The Kier molecular flexibility index (Phi) is 6.05. The van der Waals surface area contributed by atoms with Crippen molar-refractivity contribution in [1.82, 2.24) is 0 Å². The van der Waals surface area contributed by atoms with Crippen LogP contribution in [0.25, 0.3) is 0 Å². The molecule has 0 saturated heterocycles. The number of carboxylic acid groups (broad SMARTS) is 1. The van der Waals surface area contributed by atoms with Crippen molar-refractivity contribution in [3.05, 3.63) is 0 Å². The van der Waals surface area contributed by atoms with Crippen LogP contribution in [0.3, 0.4) is 0 Å². The van der Waals surface area contributed by atoms with Crippen molar-refractivity contribution in [2.45, 2.75) is 42.5 Å². The Morgan fingerprint density at radius 1 is 0.556 bits per heavy atom. The molecule has 1 atom stereocenters. The summed E-state index contributed by atoms with van der Waals surface area (Å²) in [5.74, 6) is -18.4. The van der Waals surface area contributed by atoms with Crippen molar-refractivity contribution in [2.75, 3.05) is 0 Å². The second-order valence-electron chi connectivity index (χ2n) is 4.22. The van der Waals surface area contributed by atoms with Crippen LogP contribution < -0.4 is 0 Å². The second-order valence-corrected chi connectivity index (χ2v) is 4.22. The fraction of sp³-hybridized carbons (Fsp3) is 0.875. The number of carbonyl (C=O) groups is 1. The second kappa shape index (κ2) is 6.45. The Hall–Kier alpha value is -1.66. The molecule has 162 valence electrons. The minimum Gasteiger partial charge on any atom is -0.477 e. The van der Waals surface area contributed by atoms with Gasteiger partial charge in [0.15, 0.2) is 0 Å². The summed E-state index contributed by atoms with van der Waals surface area (Å²) in [6, 6.07) is 0. The number of carboxylic acids is 1. The van der Waals surface area contributed by atoms with E-state index in [2.05, 4.69) is 0 Å². The minimum absolute atomic E-state index is 1.28. The molecule has 0 rings (SSSR count). The lowest BCUT2D eigenvalue weighted by Crippen LogP contribution is -2.62. The smallest absolute Gasteiger partial charge is 0.462 e. The third kappa shape index (κ3) is 4.43. The van der Waals surface area contributed by atoms with Gasteiger partial charge in [0, 0.05) is 0 Å². The lowest BCUT2D eigenvalue weighted by molar-refractivity contribution is -0.539. The first-order valence-electron chi connectivity index (χ1n) is 5.33. The maximum Gasteiger partial charge on any atom is 0.462 e. The maximum atomic E-state index is 13.0. The van der Waals surface area contributed by atoms with Gasteiger partial charge in [-0.25, -0.2) is 9.53 Å². The standard InChI is InChI=1S/C8HF15O4/c9-2(1(24)25,4(12,13)14)26-7(20,21)8(22,23)27-6(18,19)3(10,11)5(15,16)17/h(H,24,25). The van der Waals surface area contributed by atoms with Crippen molar-refractivity contribution in [3.8, 4) is 0 Å². The number of hydrogen-bond donors (Lipinski definition) is 1. The molecule has 1 unspecified atom stereocenters. The van der Waals surface area contributed by atoms with Gasteiger partial charge in [-0.05, 0) is 0 Å². The fourth-order valence-electron chi connectivity index (χ4n) is 0.908. The summed E-state index contributed by atoms with van der Waals surface area (Å²) in [5, 5.41) is 7.81. The molecule has 0 heterocycles. The Morgan fingerprint density at radius 3 is 1.15 bits per heavy atom. The molecule has 4 nitrogen and oxygen atoms in total. The highest BCUT2D eigenvalue weighted by Gasteiger charge is 2.80. The van der Waals surface area contributed by atoms with Gasteiger partial charge in [0.1, 0.15) is 0 Å². The molecular weight excluding hydrogens is 445 g/mol. The molecule has 0 aromatic carbocycles. The number of aliphatic carboxylic acids is 1. The van der Waals surface area contributed by atoms with Crippen LogP contribution in [0.1, 0.15) is 0 Å². The van der Waals surface area contributed by atoms with E-state index in [-0.39, 0.29) is 0 Å². The van der Waals surface area contributed by atoms with E-state index in [1.165, 1.54) is 4.74 Å². The van der Waals surface area contributed by atoms with Crippen LogP contribution in [-0.2, 0) is 14.3 Å². The fourth-order valence-corrected chi connectivity index (χ4v) is 0.908. The van der Waals surface area contributed by atoms with Crippen molar-refractivity contribution in [1.29, 1.82) is 0 Å². The van der Waals surface area contributed by atoms with Crippen LogP contribution in [-0.4, -0.2) is 53.5 Å². The predicted molar refractivity (Wildman–Crippen MR) is 45.5 cm³/mol. The van der Waals surface area contributed by atoms with Crippen LogP contribution in [0.4, 0.5) is 65.9 Å². The normalized spacial score (nSPS) is 17.6. The molecule has 0 bridgehead atoms. The first-order valence-corrected chi connectivity index (χ1v) is 5.33. The van der Waals surface area contributed by atoms with Gasteiger partial charge in [0.2, 0.25) is 0 Å². The van der Waals surface area contributed by atoms with Crippen LogP contribution >= 0.6 is 0 Å². The lowest BCUT2D eigenvalue weighted by Gasteiger charge is -2.35. The van der Waals surface area contributed by atoms with Crippen LogP contribution in [0.15, 0.2) is 0 Å². The molecule has 0 spiro atoms. The Bertz CT molecular complexity index is 563. The summed E-state index contributed by atoms with van der Waals surface area (Å²) in [6.45, 7) is 0. The molecule has 0 aliphatic heterocycles. The molecule has 27 heavy (non-hydrogen) atoms. The van der Waals surface area contributed by atoms with Gasteiger partial charge < -0.3 is 5.11 Å². The molecule has 0 aromatic rings. The third-order valence-corrected chi connectivity index (χ3v) is 2.23. The molecule has 0 aromatic heterocycles. The first kappa shape index (κ1) is 25.3. The Balaban J connectivity index is 5.97. The van der Waals surface area contributed by atoms with Gasteiger partial charge in [-0.15, -0.1) is 0 Å². The number of ether oxygens (including phenoxy) is 2. The Morgan fingerprint density at radius 2 is 0.889 bits per heavy atom. The van der Waals surface area contributed by atoms with Crippen molar-refractivity contribution in [3.63, 3.8) is 0 Å². The van der Waals surface area contributed by atoms with Gasteiger partial charge in [-0.2, -0.15) is 65.9 Å². The van der Waals surface area contributed by atoms with Crippen molar-refractivity contribution < 1.29 is 85.2 Å². The van der Waals surface area contributed by atoms with E-state index in [0.29, 0.717) is 0 Å². The van der Waals surface area contributed by atoms with Crippen molar-refractivity contribution in [2.24, 2.45) is 0 Å². The van der Waals surface area contributed by atoms with Gasteiger partial charge in [0.05, 0.1) is 0 Å². The molecule has 0 aliphatic carbocycles. The van der Waals surface area contributed by atoms with Gasteiger partial charge >= 0.3 is 48.4 Å². The van der Waals surface area contributed by atoms with E-state index in [0.717, 1.165) is 0 Å². The average molecular weight is 446 g/mol. The highest BCUT2D eigenvalue weighted by atomic mass is 19.4. The zero-order chi connectivity index (χ0) is 22.5. The average Bonchev–Trinajstić information content (AvgIpc) is 2.33. The van der Waals surface area contributed by atoms with E-state index in [1.54, 1.807) is 4.74 Å². The number of alkyl halides is 15. The highest BCUT2D eigenvalue weighted by molar-refractivity contribution is 5.76. The summed E-state index contributed by atoms with van der Waals surface area (Å²) in [5.41, 5.74) is 0. The zero-order valence-electron chi connectivity index (χ0n) is 11.3. The molecule has 0 fully saturated rings. The van der Waals surface area contributed by atoms with Crippen LogP contribution in [0.5, 0.6) is 0 Å². The lowest BCUT2D eigenvalue weighted by atomic mass is 10.3. The van der Waals surface area contributed by atoms with E-state index in [1.807, 2.05) is 0 Å². The topological polar surface area (TPSA) is 55.8 Å². The highest BCUT2D eigenvalue weighted by Crippen LogP contribution is 2.52. The van der Waals surface area contributed by atoms with E-state index in [9.17, 15) is 70.7 Å². The molecule has 0 radical (unpaired) electrons. The predicted octanol–water partition coefficient (Wildman–Crippen LogP) is 4.31. The summed E-state index contributed by atoms with van der Waals surface area (Å²) < 4.78 is 188. The van der Waals surface area contributed by atoms with E-state index < -0.39 is 48.4 Å². The molecule has 0 aliphatic rings. The van der Waals surface area contributed by atoms with Gasteiger partial charge in [-0.1, -0.05) is 0 Å². The molecule has 0 amide bonds. The SMILES string of the molecule is O=C(O)C(F)(OC(F)(F)C(F)(F)OC(F)(F)C(F)(F)C(F)(F)F)C(F)(F)F. The summed E-state index contributed by atoms with van der Waals surface area (Å²) in [7, 11) is 0.